The molecule has 0 N–H and O–H groups in total. The Morgan fingerprint density at radius 1 is 1.00 bits per heavy atom. The molecule has 0 saturated heterocycles. The molecule has 1 amide bonds. The maximum atomic E-state index is 13.3. The lowest BCUT2D eigenvalue weighted by Crippen LogP contribution is -2.34. The zero-order chi connectivity index (χ0) is 23.2. The quantitative estimate of drug-likeness (QED) is 0.294. The monoisotopic (exact) mass is 482 g/mol. The van der Waals surface area contributed by atoms with Crippen molar-refractivity contribution in [1.82, 2.24) is 4.98 Å². The van der Waals surface area contributed by atoms with E-state index < -0.39 is 0 Å². The number of anilines is 1. The molecule has 33 heavy (non-hydrogen) atoms. The number of rotatable bonds is 9. The number of thiazole rings is 1. The van der Waals surface area contributed by atoms with E-state index in [2.05, 4.69) is 0 Å². The summed E-state index contributed by atoms with van der Waals surface area (Å²) in [7, 11) is 1.58. The molecule has 170 valence electrons. The fourth-order valence-corrected chi connectivity index (χ4v) is 4.54. The van der Waals surface area contributed by atoms with Gasteiger partial charge in [-0.1, -0.05) is 53.3 Å². The van der Waals surface area contributed by atoms with Crippen LogP contribution in [0.4, 0.5) is 5.13 Å². The van der Waals surface area contributed by atoms with Crippen molar-refractivity contribution in [3.8, 4) is 17.2 Å². The minimum absolute atomic E-state index is 0.137. The first-order chi connectivity index (χ1) is 16.1. The molecule has 0 atom stereocenters. The summed E-state index contributed by atoms with van der Waals surface area (Å²) in [6, 6.07) is 20.5. The summed E-state index contributed by atoms with van der Waals surface area (Å²) in [5.41, 5.74) is 1.60. The standard InChI is InChI=1S/C25H23ClN2O4S/c1-3-31-18-9-11-19(12-10-18)32-16-22(29)28(15-17-7-5-4-6-8-17)25-27-23-21(30-2)14-13-20(26)24(23)33-25/h4-14H,3,15-16H2,1-2H3. The summed E-state index contributed by atoms with van der Waals surface area (Å²) in [5.74, 6) is 1.72. The average molecular weight is 483 g/mol. The molecule has 1 heterocycles. The predicted molar refractivity (Wildman–Crippen MR) is 132 cm³/mol. The van der Waals surface area contributed by atoms with E-state index >= 15 is 0 Å². The van der Waals surface area contributed by atoms with Gasteiger partial charge in [0, 0.05) is 0 Å². The summed E-state index contributed by atoms with van der Waals surface area (Å²) in [5, 5.41) is 1.09. The number of carbonyl (C=O) groups is 1. The lowest BCUT2D eigenvalue weighted by atomic mass is 10.2. The molecule has 0 aliphatic heterocycles. The fraction of sp³-hybridized carbons (Fsp3) is 0.200. The van der Waals surface area contributed by atoms with Crippen LogP contribution in [-0.2, 0) is 11.3 Å². The Labute approximate surface area is 201 Å². The van der Waals surface area contributed by atoms with Gasteiger partial charge < -0.3 is 14.2 Å². The third-order valence-corrected chi connectivity index (χ3v) is 6.42. The van der Waals surface area contributed by atoms with E-state index in [4.69, 9.17) is 30.8 Å². The van der Waals surface area contributed by atoms with E-state index in [1.54, 1.807) is 36.3 Å². The van der Waals surface area contributed by atoms with Gasteiger partial charge in [-0.3, -0.25) is 9.69 Å². The molecule has 0 bridgehead atoms. The van der Waals surface area contributed by atoms with Gasteiger partial charge in [-0.05, 0) is 48.9 Å². The molecular formula is C25H23ClN2O4S. The van der Waals surface area contributed by atoms with Gasteiger partial charge >= 0.3 is 0 Å². The van der Waals surface area contributed by atoms with Crippen LogP contribution in [0.3, 0.4) is 0 Å². The first-order valence-electron chi connectivity index (χ1n) is 10.4. The molecule has 3 aromatic carbocycles. The van der Waals surface area contributed by atoms with Crippen LogP contribution in [0.15, 0.2) is 66.7 Å². The van der Waals surface area contributed by atoms with Crippen LogP contribution in [0.5, 0.6) is 17.2 Å². The number of ether oxygens (including phenoxy) is 3. The smallest absolute Gasteiger partial charge is 0.267 e. The van der Waals surface area contributed by atoms with Gasteiger partial charge in [0.2, 0.25) is 0 Å². The molecular weight excluding hydrogens is 460 g/mol. The first-order valence-corrected chi connectivity index (χ1v) is 11.6. The van der Waals surface area contributed by atoms with Crippen LogP contribution in [0.1, 0.15) is 12.5 Å². The van der Waals surface area contributed by atoms with Crippen molar-refractivity contribution in [2.24, 2.45) is 0 Å². The zero-order valence-electron chi connectivity index (χ0n) is 18.3. The largest absolute Gasteiger partial charge is 0.494 e. The Hall–Kier alpha value is -3.29. The highest BCUT2D eigenvalue weighted by molar-refractivity contribution is 7.23. The number of nitrogens with zero attached hydrogens (tertiary/aromatic N) is 2. The van der Waals surface area contributed by atoms with Gasteiger partial charge in [0.1, 0.15) is 22.8 Å². The third kappa shape index (κ3) is 5.38. The average Bonchev–Trinajstić information content (AvgIpc) is 3.29. The zero-order valence-corrected chi connectivity index (χ0v) is 19.9. The number of amides is 1. The van der Waals surface area contributed by atoms with Gasteiger partial charge in [-0.25, -0.2) is 4.98 Å². The topological polar surface area (TPSA) is 60.9 Å². The molecule has 1 aromatic heterocycles. The van der Waals surface area contributed by atoms with E-state index in [0.29, 0.717) is 40.3 Å². The molecule has 8 heteroatoms. The second kappa shape index (κ2) is 10.6. The highest BCUT2D eigenvalue weighted by Crippen LogP contribution is 2.39. The van der Waals surface area contributed by atoms with Gasteiger partial charge in [0.05, 0.1) is 30.0 Å². The Balaban J connectivity index is 1.60. The highest BCUT2D eigenvalue weighted by atomic mass is 35.5. The number of fused-ring (bicyclic) bond motifs is 1. The maximum Gasteiger partial charge on any atom is 0.267 e. The van der Waals surface area contributed by atoms with Crippen molar-refractivity contribution < 1.29 is 19.0 Å². The molecule has 0 fully saturated rings. The van der Waals surface area contributed by atoms with Crippen molar-refractivity contribution in [3.05, 3.63) is 77.3 Å². The molecule has 0 saturated carbocycles. The summed E-state index contributed by atoms with van der Waals surface area (Å²) in [4.78, 5) is 19.6. The lowest BCUT2D eigenvalue weighted by molar-refractivity contribution is -0.120. The Morgan fingerprint density at radius 3 is 2.36 bits per heavy atom. The van der Waals surface area contributed by atoms with E-state index in [9.17, 15) is 4.79 Å². The molecule has 4 aromatic rings. The summed E-state index contributed by atoms with van der Waals surface area (Å²) < 4.78 is 17.4. The fourth-order valence-electron chi connectivity index (χ4n) is 3.27. The summed E-state index contributed by atoms with van der Waals surface area (Å²) in [6.45, 7) is 2.73. The van der Waals surface area contributed by atoms with Crippen LogP contribution in [0.25, 0.3) is 10.2 Å². The van der Waals surface area contributed by atoms with E-state index in [1.165, 1.54) is 11.3 Å². The molecule has 0 radical (unpaired) electrons. The second-order valence-corrected chi connectivity index (χ2v) is 8.47. The van der Waals surface area contributed by atoms with Crippen LogP contribution in [0.2, 0.25) is 5.02 Å². The second-order valence-electron chi connectivity index (χ2n) is 7.08. The molecule has 0 aliphatic rings. The van der Waals surface area contributed by atoms with E-state index in [0.717, 1.165) is 16.0 Å². The number of halogens is 1. The summed E-state index contributed by atoms with van der Waals surface area (Å²) in [6.07, 6.45) is 0. The summed E-state index contributed by atoms with van der Waals surface area (Å²) >= 11 is 7.74. The Kier molecular flexibility index (Phi) is 7.32. The number of methoxy groups -OCH3 is 1. The van der Waals surface area contributed by atoms with E-state index in [1.807, 2.05) is 49.4 Å². The number of carbonyl (C=O) groups excluding carboxylic acids is 1. The van der Waals surface area contributed by atoms with Crippen LogP contribution >= 0.6 is 22.9 Å². The van der Waals surface area contributed by atoms with Crippen molar-refractivity contribution in [2.75, 3.05) is 25.2 Å². The molecule has 0 spiro atoms. The van der Waals surface area contributed by atoms with E-state index in [-0.39, 0.29) is 12.5 Å². The van der Waals surface area contributed by atoms with Crippen LogP contribution < -0.4 is 19.1 Å². The van der Waals surface area contributed by atoms with Crippen LogP contribution in [-0.4, -0.2) is 31.2 Å². The van der Waals surface area contributed by atoms with Gasteiger partial charge in [0.25, 0.3) is 5.91 Å². The van der Waals surface area contributed by atoms with Gasteiger partial charge in [-0.2, -0.15) is 0 Å². The first kappa shape index (κ1) is 22.9. The van der Waals surface area contributed by atoms with Crippen molar-refractivity contribution in [1.29, 1.82) is 0 Å². The molecule has 4 rings (SSSR count). The number of hydrogen-bond acceptors (Lipinski definition) is 6. The van der Waals surface area contributed by atoms with Crippen molar-refractivity contribution in [2.45, 2.75) is 13.5 Å². The molecule has 0 aliphatic carbocycles. The molecule has 6 nitrogen and oxygen atoms in total. The van der Waals surface area contributed by atoms with Gasteiger partial charge in [-0.15, -0.1) is 0 Å². The van der Waals surface area contributed by atoms with Gasteiger partial charge in [0.15, 0.2) is 11.7 Å². The molecule has 0 unspecified atom stereocenters. The number of benzene rings is 3. The highest BCUT2D eigenvalue weighted by Gasteiger charge is 2.23. The van der Waals surface area contributed by atoms with Crippen LogP contribution in [0, 0.1) is 0 Å². The van der Waals surface area contributed by atoms with Crippen molar-refractivity contribution >= 4 is 44.2 Å². The Morgan fingerprint density at radius 2 is 1.70 bits per heavy atom. The van der Waals surface area contributed by atoms with Crippen molar-refractivity contribution in [3.63, 3.8) is 0 Å². The normalized spacial score (nSPS) is 10.8. The lowest BCUT2D eigenvalue weighted by Gasteiger charge is -2.20. The minimum Gasteiger partial charge on any atom is -0.494 e. The third-order valence-electron chi connectivity index (χ3n) is 4.88. The Bertz CT molecular complexity index is 1230. The predicted octanol–water partition coefficient (Wildman–Crippen LogP) is 5.97. The SMILES string of the molecule is CCOc1ccc(OCC(=O)N(Cc2ccccc2)c2nc3c(OC)ccc(Cl)c3s2)cc1. The maximum absolute atomic E-state index is 13.3. The number of aromatic nitrogens is 1. The minimum atomic E-state index is -0.220. The number of hydrogen-bond donors (Lipinski definition) is 0.